The van der Waals surface area contributed by atoms with Gasteiger partial charge in [-0.15, -0.1) is 12.4 Å². The minimum absolute atomic E-state index is 0. The highest BCUT2D eigenvalue weighted by Gasteiger charge is 2.01. The third kappa shape index (κ3) is 2.95. The quantitative estimate of drug-likeness (QED) is 0.341. The van der Waals surface area contributed by atoms with Gasteiger partial charge < -0.3 is 11.6 Å². The molecule has 6 heteroatoms. The molecule has 0 unspecified atom stereocenters. The van der Waals surface area contributed by atoms with Gasteiger partial charge in [-0.05, 0) is 18.2 Å². The van der Waals surface area contributed by atoms with E-state index in [1.54, 1.807) is 18.2 Å². The minimum Gasteiger partial charge on any atom is -0.382 e. The number of hydrogen-bond donors (Lipinski definition) is 2. The van der Waals surface area contributed by atoms with E-state index in [1.807, 2.05) is 0 Å². The van der Waals surface area contributed by atoms with Gasteiger partial charge in [0.1, 0.15) is 5.84 Å². The Kier molecular flexibility index (Phi) is 4.91. The first kappa shape index (κ1) is 12.4. The number of amidine groups is 1. The lowest BCUT2D eigenvalue weighted by molar-refractivity contribution is 1.23. The topological polar surface area (TPSA) is 64.4 Å². The summed E-state index contributed by atoms with van der Waals surface area (Å²) in [6.45, 7) is 0. The van der Waals surface area contributed by atoms with Crippen molar-refractivity contribution in [1.29, 1.82) is 0 Å². The molecule has 1 aromatic rings. The van der Waals surface area contributed by atoms with Crippen LogP contribution in [0.3, 0.4) is 0 Å². The lowest BCUT2D eigenvalue weighted by Gasteiger charge is -2.00. The fourth-order valence-corrected chi connectivity index (χ4v) is 1.03. The Labute approximate surface area is 92.1 Å². The molecule has 0 heterocycles. The monoisotopic (exact) mass is 239 g/mol. The largest absolute Gasteiger partial charge is 0.382 e. The third-order valence-electron chi connectivity index (χ3n) is 1.35. The summed E-state index contributed by atoms with van der Waals surface area (Å²) >= 11 is 11.4. The molecule has 3 nitrogen and oxygen atoms in total. The van der Waals surface area contributed by atoms with Gasteiger partial charge in [-0.25, -0.2) is 0 Å². The van der Waals surface area contributed by atoms with Gasteiger partial charge in [-0.2, -0.15) is 5.10 Å². The van der Waals surface area contributed by atoms with Gasteiger partial charge in [0.2, 0.25) is 0 Å². The Morgan fingerprint density at radius 1 is 1.23 bits per heavy atom. The van der Waals surface area contributed by atoms with Crippen molar-refractivity contribution >= 4 is 41.4 Å². The summed E-state index contributed by atoms with van der Waals surface area (Å²) in [7, 11) is 0. The van der Waals surface area contributed by atoms with Crippen LogP contribution >= 0.6 is 35.6 Å². The van der Waals surface area contributed by atoms with Crippen molar-refractivity contribution in [1.82, 2.24) is 0 Å². The minimum atomic E-state index is 0. The second-order valence-corrected chi connectivity index (χ2v) is 2.96. The van der Waals surface area contributed by atoms with Crippen LogP contribution < -0.4 is 11.6 Å². The van der Waals surface area contributed by atoms with Crippen LogP contribution in [0.5, 0.6) is 0 Å². The molecule has 0 aliphatic carbocycles. The van der Waals surface area contributed by atoms with Gasteiger partial charge >= 0.3 is 0 Å². The summed E-state index contributed by atoms with van der Waals surface area (Å²) < 4.78 is 0. The van der Waals surface area contributed by atoms with Gasteiger partial charge in [0.25, 0.3) is 0 Å². The third-order valence-corrected chi connectivity index (χ3v) is 2.09. The van der Waals surface area contributed by atoms with Crippen molar-refractivity contribution < 1.29 is 0 Å². The molecule has 0 aliphatic rings. The van der Waals surface area contributed by atoms with Crippen molar-refractivity contribution in [3.63, 3.8) is 0 Å². The first-order chi connectivity index (χ1) is 5.65. The first-order valence-corrected chi connectivity index (χ1v) is 3.89. The number of halogens is 3. The van der Waals surface area contributed by atoms with E-state index in [0.717, 1.165) is 0 Å². The van der Waals surface area contributed by atoms with Crippen molar-refractivity contribution in [2.45, 2.75) is 0 Å². The van der Waals surface area contributed by atoms with Crippen molar-refractivity contribution in [2.24, 2.45) is 16.7 Å². The van der Waals surface area contributed by atoms with E-state index in [9.17, 15) is 0 Å². The van der Waals surface area contributed by atoms with E-state index in [4.69, 9.17) is 34.8 Å². The van der Waals surface area contributed by atoms with E-state index in [1.165, 1.54) is 0 Å². The number of rotatable bonds is 1. The Balaban J connectivity index is 0.00000144. The molecule has 0 amide bonds. The summed E-state index contributed by atoms with van der Waals surface area (Å²) in [5.74, 6) is 5.21. The maximum absolute atomic E-state index is 5.73. The molecular weight excluding hydrogens is 232 g/mol. The summed E-state index contributed by atoms with van der Waals surface area (Å²) in [5.41, 5.74) is 6.10. The van der Waals surface area contributed by atoms with Gasteiger partial charge in [-0.1, -0.05) is 23.2 Å². The van der Waals surface area contributed by atoms with Crippen molar-refractivity contribution in [3.8, 4) is 0 Å². The van der Waals surface area contributed by atoms with Gasteiger partial charge in [0, 0.05) is 5.56 Å². The fourth-order valence-electron chi connectivity index (χ4n) is 0.730. The fraction of sp³-hybridized carbons (Fsp3) is 0. The molecule has 0 atom stereocenters. The molecule has 4 N–H and O–H groups in total. The van der Waals surface area contributed by atoms with Crippen LogP contribution in [0.25, 0.3) is 0 Å². The molecule has 72 valence electrons. The molecule has 0 spiro atoms. The Bertz CT molecular complexity index is 325. The maximum atomic E-state index is 5.73. The Morgan fingerprint density at radius 3 is 2.31 bits per heavy atom. The summed E-state index contributed by atoms with van der Waals surface area (Å²) in [6, 6.07) is 4.94. The highest BCUT2D eigenvalue weighted by molar-refractivity contribution is 6.42. The van der Waals surface area contributed by atoms with Crippen LogP contribution in [0.1, 0.15) is 5.56 Å². The predicted molar refractivity (Wildman–Crippen MR) is 58.6 cm³/mol. The highest BCUT2D eigenvalue weighted by Crippen LogP contribution is 2.22. The zero-order chi connectivity index (χ0) is 9.14. The lowest BCUT2D eigenvalue weighted by atomic mass is 10.2. The molecule has 0 radical (unpaired) electrons. The van der Waals surface area contributed by atoms with Crippen LogP contribution in [0, 0.1) is 0 Å². The molecule has 1 aromatic carbocycles. The van der Waals surface area contributed by atoms with Crippen LogP contribution in [-0.2, 0) is 0 Å². The summed E-state index contributed by atoms with van der Waals surface area (Å²) in [6.07, 6.45) is 0. The molecule has 0 saturated heterocycles. The molecule has 0 aliphatic heterocycles. The number of hydrazone groups is 1. The second-order valence-electron chi connectivity index (χ2n) is 2.14. The van der Waals surface area contributed by atoms with E-state index in [-0.39, 0.29) is 18.2 Å². The first-order valence-electron chi connectivity index (χ1n) is 3.14. The predicted octanol–water partition coefficient (Wildman–Crippen LogP) is 1.99. The van der Waals surface area contributed by atoms with Gasteiger partial charge in [-0.3, -0.25) is 0 Å². The zero-order valence-electron chi connectivity index (χ0n) is 6.50. The Morgan fingerprint density at radius 2 is 1.85 bits per heavy atom. The van der Waals surface area contributed by atoms with E-state index in [2.05, 4.69) is 5.10 Å². The highest BCUT2D eigenvalue weighted by atomic mass is 35.5. The molecule has 0 saturated carbocycles. The lowest BCUT2D eigenvalue weighted by Crippen LogP contribution is -2.15. The van der Waals surface area contributed by atoms with E-state index >= 15 is 0 Å². The van der Waals surface area contributed by atoms with Gasteiger partial charge in [0.05, 0.1) is 10.0 Å². The average molecular weight is 241 g/mol. The molecule has 0 aromatic heterocycles. The average Bonchev–Trinajstić information content (AvgIpc) is 2.08. The van der Waals surface area contributed by atoms with E-state index in [0.29, 0.717) is 15.6 Å². The number of hydrogen-bond acceptors (Lipinski definition) is 2. The molecule has 13 heavy (non-hydrogen) atoms. The number of nitrogens with zero attached hydrogens (tertiary/aromatic N) is 1. The van der Waals surface area contributed by atoms with E-state index < -0.39 is 0 Å². The summed E-state index contributed by atoms with van der Waals surface area (Å²) in [5, 5.41) is 4.23. The Hall–Kier alpha value is -0.640. The molecular formula is C7H8Cl3N3. The van der Waals surface area contributed by atoms with Crippen molar-refractivity contribution in [2.75, 3.05) is 0 Å². The SMILES string of the molecule is Cl.NN=C(N)c1ccc(Cl)c(Cl)c1. The molecule has 0 bridgehead atoms. The smallest absolute Gasteiger partial charge is 0.150 e. The molecule has 0 fully saturated rings. The van der Waals surface area contributed by atoms with Crippen LogP contribution in [0.4, 0.5) is 0 Å². The van der Waals surface area contributed by atoms with Crippen molar-refractivity contribution in [3.05, 3.63) is 33.8 Å². The standard InChI is InChI=1S/C7H7Cl2N3.ClH/c8-5-2-1-4(3-6(5)9)7(10)12-11;/h1-3H,11H2,(H2,10,12);1H. The maximum Gasteiger partial charge on any atom is 0.150 e. The second kappa shape index (κ2) is 5.17. The van der Waals surface area contributed by atoms with Crippen LogP contribution in [-0.4, -0.2) is 5.84 Å². The number of benzene rings is 1. The normalized spacial score (nSPS) is 10.8. The molecule has 1 rings (SSSR count). The van der Waals surface area contributed by atoms with Crippen LogP contribution in [0.2, 0.25) is 10.0 Å². The zero-order valence-corrected chi connectivity index (χ0v) is 8.83. The number of nitrogens with two attached hydrogens (primary N) is 2. The summed E-state index contributed by atoms with van der Waals surface area (Å²) in [4.78, 5) is 0. The van der Waals surface area contributed by atoms with Gasteiger partial charge in [0.15, 0.2) is 0 Å². The van der Waals surface area contributed by atoms with Crippen LogP contribution in [0.15, 0.2) is 23.3 Å².